The average Bonchev–Trinajstić information content (AvgIpc) is 3.66. The van der Waals surface area contributed by atoms with Gasteiger partial charge in [-0.05, 0) is 101 Å². The fraction of sp³-hybridized carbons (Fsp3) is 0.812. The molecule has 5 rings (SSSR count). The molecular weight excluding hydrogens is 681 g/mol. The smallest absolute Gasteiger partial charge is 0.416 e. The molecule has 4 heterocycles. The zero-order chi connectivity index (χ0) is 35.4. The summed E-state index contributed by atoms with van der Waals surface area (Å²) < 4.78 is 52.5. The van der Waals surface area contributed by atoms with E-state index >= 15 is 0 Å². The number of hydrogen-bond acceptors (Lipinski definition) is 12. The van der Waals surface area contributed by atoms with E-state index in [-0.39, 0.29) is 16.8 Å². The van der Waals surface area contributed by atoms with Crippen LogP contribution in [0.2, 0.25) is 5.28 Å². The van der Waals surface area contributed by atoms with Crippen molar-refractivity contribution in [3.05, 3.63) is 11.5 Å². The van der Waals surface area contributed by atoms with Crippen LogP contribution in [0.5, 0.6) is 0 Å². The molecule has 3 fully saturated rings. The lowest BCUT2D eigenvalue weighted by Gasteiger charge is -2.32. The van der Waals surface area contributed by atoms with Gasteiger partial charge in [-0.15, -0.1) is 11.8 Å². The molecule has 48 heavy (non-hydrogen) atoms. The molecule has 2 aromatic heterocycles. The van der Waals surface area contributed by atoms with Crippen molar-refractivity contribution < 1.29 is 37.4 Å². The van der Waals surface area contributed by atoms with E-state index in [0.29, 0.717) is 22.6 Å². The van der Waals surface area contributed by atoms with Crippen LogP contribution in [-0.4, -0.2) is 84.0 Å². The second-order valence-electron chi connectivity index (χ2n) is 16.1. The molecule has 2 saturated heterocycles. The third kappa shape index (κ3) is 9.04. The Labute approximate surface area is 292 Å². The van der Waals surface area contributed by atoms with E-state index in [4.69, 9.17) is 39.6 Å². The van der Waals surface area contributed by atoms with E-state index in [1.165, 1.54) is 11.8 Å². The monoisotopic (exact) mass is 731 g/mol. The third-order valence-corrected chi connectivity index (χ3v) is 12.0. The molecule has 0 bridgehead atoms. The van der Waals surface area contributed by atoms with Crippen LogP contribution in [0.3, 0.4) is 0 Å². The molecule has 1 aliphatic carbocycles. The highest BCUT2D eigenvalue weighted by Crippen LogP contribution is 2.57. The lowest BCUT2D eigenvalue weighted by Crippen LogP contribution is -2.43. The topological polar surface area (TPSA) is 136 Å². The number of fused-ring (bicyclic) bond motifs is 2. The van der Waals surface area contributed by atoms with Crippen molar-refractivity contribution in [1.82, 2.24) is 19.7 Å². The average molecular weight is 732 g/mol. The number of rotatable bonds is 9. The summed E-state index contributed by atoms with van der Waals surface area (Å²) in [6.45, 7) is 20.3. The zero-order valence-electron chi connectivity index (χ0n) is 29.9. The number of amides is 1. The predicted octanol–water partition coefficient (Wildman–Crippen LogP) is 8.10. The van der Waals surface area contributed by atoms with Gasteiger partial charge in [0.15, 0.2) is 23.5 Å². The van der Waals surface area contributed by atoms with Gasteiger partial charge in [-0.25, -0.2) is 9.48 Å². The van der Waals surface area contributed by atoms with E-state index < -0.39 is 60.8 Å². The number of aromatic nitrogens is 4. The molecule has 270 valence electrons. The summed E-state index contributed by atoms with van der Waals surface area (Å²) >= 11 is 7.96. The highest BCUT2D eigenvalue weighted by atomic mass is 35.5. The normalized spacial score (nSPS) is 25.2. The number of ether oxygens (including phenoxy) is 4. The molecule has 0 N–H and O–H groups in total. The Kier molecular flexibility index (Phi) is 10.7. The maximum atomic E-state index is 13.8. The SMILES string of the molecule is CC(C)(C)OC(=O)N(c1nc(Cl)nc2c1cnn2[C@@H]1O[C@H](CSCP(=O)(OC(C)(C)C)OC(C)(C)C)[C@H]2OC(C)(C)O[C@H]21)C1CCCC1. The molecule has 1 amide bonds. The quantitative estimate of drug-likeness (QED) is 0.182. The van der Waals surface area contributed by atoms with Gasteiger partial charge < -0.3 is 28.0 Å². The minimum Gasteiger partial charge on any atom is -0.443 e. The Balaban J connectivity index is 1.44. The first-order valence-electron chi connectivity index (χ1n) is 16.6. The van der Waals surface area contributed by atoms with Crippen LogP contribution >= 0.6 is 31.0 Å². The third-order valence-electron chi connectivity index (χ3n) is 7.64. The van der Waals surface area contributed by atoms with Gasteiger partial charge in [0.2, 0.25) is 5.28 Å². The summed E-state index contributed by atoms with van der Waals surface area (Å²) in [5, 5.41) is 5.19. The first kappa shape index (κ1) is 37.7. The maximum absolute atomic E-state index is 13.8. The predicted molar refractivity (Wildman–Crippen MR) is 186 cm³/mol. The van der Waals surface area contributed by atoms with Gasteiger partial charge in [-0.2, -0.15) is 15.1 Å². The van der Waals surface area contributed by atoms with Gasteiger partial charge in [-0.1, -0.05) is 12.8 Å². The lowest BCUT2D eigenvalue weighted by molar-refractivity contribution is -0.195. The van der Waals surface area contributed by atoms with Crippen molar-refractivity contribution >= 4 is 53.9 Å². The van der Waals surface area contributed by atoms with Crippen molar-refractivity contribution in [1.29, 1.82) is 0 Å². The van der Waals surface area contributed by atoms with Crippen LogP contribution in [-0.2, 0) is 32.6 Å². The second-order valence-corrected chi connectivity index (χ2v) is 19.8. The highest BCUT2D eigenvalue weighted by molar-refractivity contribution is 8.04. The number of anilines is 1. The molecule has 1 saturated carbocycles. The summed E-state index contributed by atoms with van der Waals surface area (Å²) in [6.07, 6.45) is 2.60. The van der Waals surface area contributed by atoms with E-state index in [9.17, 15) is 9.36 Å². The molecule has 13 nitrogen and oxygen atoms in total. The molecule has 0 spiro atoms. The minimum absolute atomic E-state index is 0.0372. The van der Waals surface area contributed by atoms with Gasteiger partial charge in [0.25, 0.3) is 0 Å². The van der Waals surface area contributed by atoms with E-state index in [1.807, 2.05) is 76.2 Å². The Morgan fingerprint density at radius 2 is 1.62 bits per heavy atom. The van der Waals surface area contributed by atoms with Gasteiger partial charge in [0.1, 0.15) is 17.8 Å². The largest absolute Gasteiger partial charge is 0.443 e. The Morgan fingerprint density at radius 1 is 1.02 bits per heavy atom. The first-order chi connectivity index (χ1) is 22.0. The molecule has 2 aliphatic heterocycles. The lowest BCUT2D eigenvalue weighted by atomic mass is 10.1. The van der Waals surface area contributed by atoms with E-state index in [0.717, 1.165) is 25.7 Å². The van der Waals surface area contributed by atoms with Crippen molar-refractivity contribution in [2.75, 3.05) is 16.1 Å². The van der Waals surface area contributed by atoms with E-state index in [1.54, 1.807) is 15.8 Å². The van der Waals surface area contributed by atoms with Gasteiger partial charge in [0, 0.05) is 11.8 Å². The minimum atomic E-state index is -3.48. The summed E-state index contributed by atoms with van der Waals surface area (Å²) in [5.74, 6) is -0.107. The van der Waals surface area contributed by atoms with Gasteiger partial charge in [0.05, 0.1) is 34.4 Å². The molecule has 0 unspecified atom stereocenters. The number of hydrogen-bond donors (Lipinski definition) is 0. The van der Waals surface area contributed by atoms with Crippen molar-refractivity contribution in [3.63, 3.8) is 0 Å². The van der Waals surface area contributed by atoms with E-state index in [2.05, 4.69) is 15.1 Å². The summed E-state index contributed by atoms with van der Waals surface area (Å²) in [6, 6.07) is -0.0984. The second kappa shape index (κ2) is 13.6. The van der Waals surface area contributed by atoms with Gasteiger partial charge in [-0.3, -0.25) is 9.46 Å². The fourth-order valence-electron chi connectivity index (χ4n) is 6.31. The highest BCUT2D eigenvalue weighted by Gasteiger charge is 2.56. The molecule has 16 heteroatoms. The summed E-state index contributed by atoms with van der Waals surface area (Å²) in [7, 11) is -3.48. The molecule has 4 atom stereocenters. The van der Waals surface area contributed by atoms with Crippen molar-refractivity contribution in [3.8, 4) is 0 Å². The standard InChI is InChI=1S/C32H51ClN5O8PS/c1-29(2,3)44-28(39)37(19-14-12-13-15-19)24-20-16-34-38(25(20)36-27(33)35-24)26-23-22(42-32(10,11)43-23)21(41-26)17-48-18-47(40,45-30(4,5)6)46-31(7,8)9/h16,19,21-23,26H,12-15,17-18H2,1-11H3/t21-,22-,23-,26-/m1/s1. The number of carbonyl (C=O) groups is 1. The van der Waals surface area contributed by atoms with Crippen molar-refractivity contribution in [2.45, 2.75) is 155 Å². The number of thioether (sulfide) groups is 1. The zero-order valence-corrected chi connectivity index (χ0v) is 32.4. The van der Waals surface area contributed by atoms with Crippen LogP contribution in [0, 0.1) is 0 Å². The number of halogens is 1. The molecule has 2 aromatic rings. The van der Waals surface area contributed by atoms with Crippen LogP contribution in [0.4, 0.5) is 10.6 Å². The number of carbonyl (C=O) groups excluding carboxylic acids is 1. The van der Waals surface area contributed by atoms with Crippen LogP contribution < -0.4 is 4.90 Å². The van der Waals surface area contributed by atoms with Crippen LogP contribution in [0.25, 0.3) is 11.0 Å². The van der Waals surface area contributed by atoms with Crippen LogP contribution in [0.15, 0.2) is 6.20 Å². The molecule has 3 aliphatic rings. The Morgan fingerprint density at radius 3 is 2.21 bits per heavy atom. The Hall–Kier alpha value is -1.51. The first-order valence-corrected chi connectivity index (χ1v) is 19.8. The Bertz CT molecular complexity index is 1510. The molecule has 0 radical (unpaired) electrons. The fourth-order valence-corrected chi connectivity index (χ4v) is 10.4. The number of nitrogens with zero attached hydrogens (tertiary/aromatic N) is 5. The summed E-state index contributed by atoms with van der Waals surface area (Å²) in [5.41, 5.74) is -1.50. The maximum Gasteiger partial charge on any atom is 0.416 e. The molecular formula is C32H51ClN5O8PS. The van der Waals surface area contributed by atoms with Gasteiger partial charge >= 0.3 is 13.7 Å². The van der Waals surface area contributed by atoms with Crippen LogP contribution in [0.1, 0.15) is 108 Å². The van der Waals surface area contributed by atoms with Crippen molar-refractivity contribution in [2.24, 2.45) is 0 Å². The molecule has 0 aromatic carbocycles. The summed E-state index contributed by atoms with van der Waals surface area (Å²) in [4.78, 5) is 24.3.